The molecule has 0 fully saturated rings. The minimum atomic E-state index is 0.861. The van der Waals surface area contributed by atoms with Crippen molar-refractivity contribution in [3.8, 4) is 0 Å². The molecule has 0 saturated heterocycles. The number of hydrogen-bond acceptors (Lipinski definition) is 2. The molecule has 1 aromatic rings. The molecule has 0 bridgehead atoms. The van der Waals surface area contributed by atoms with Crippen molar-refractivity contribution in [1.82, 2.24) is 15.4 Å². The molecular weight excluding hydrogens is 126 g/mol. The summed E-state index contributed by atoms with van der Waals surface area (Å²) in [6.07, 6.45) is 1.92. The van der Waals surface area contributed by atoms with Crippen LogP contribution in [0.15, 0.2) is 18.3 Å². The van der Waals surface area contributed by atoms with Crippen molar-refractivity contribution >= 4 is 0 Å². The molecule has 2 N–H and O–H groups in total. The van der Waals surface area contributed by atoms with E-state index in [-0.39, 0.29) is 0 Å². The van der Waals surface area contributed by atoms with Crippen LogP contribution in [-0.2, 0) is 6.54 Å². The third kappa shape index (κ3) is 2.21. The SMILES string of the molecule is CN(C)NCc1ccc[nH]1. The number of aromatic nitrogens is 1. The van der Waals surface area contributed by atoms with Gasteiger partial charge in [-0.15, -0.1) is 0 Å². The maximum absolute atomic E-state index is 3.15. The van der Waals surface area contributed by atoms with E-state index in [1.54, 1.807) is 0 Å². The number of nitrogens with zero attached hydrogens (tertiary/aromatic N) is 1. The van der Waals surface area contributed by atoms with Crippen LogP contribution in [-0.4, -0.2) is 24.1 Å². The van der Waals surface area contributed by atoms with Crippen LogP contribution in [0, 0.1) is 0 Å². The van der Waals surface area contributed by atoms with Crippen molar-refractivity contribution in [3.05, 3.63) is 24.0 Å². The summed E-state index contributed by atoms with van der Waals surface area (Å²) in [5.74, 6) is 0. The van der Waals surface area contributed by atoms with E-state index < -0.39 is 0 Å². The number of nitrogens with one attached hydrogen (secondary N) is 2. The Hall–Kier alpha value is -0.800. The Morgan fingerprint density at radius 1 is 1.60 bits per heavy atom. The molecule has 0 aliphatic carbocycles. The number of rotatable bonds is 3. The van der Waals surface area contributed by atoms with Gasteiger partial charge in [0.15, 0.2) is 0 Å². The normalized spacial score (nSPS) is 10.7. The average Bonchev–Trinajstić information content (AvgIpc) is 2.34. The summed E-state index contributed by atoms with van der Waals surface area (Å²) in [5, 5.41) is 1.93. The van der Waals surface area contributed by atoms with Crippen LogP contribution in [0.3, 0.4) is 0 Å². The van der Waals surface area contributed by atoms with Gasteiger partial charge in [-0.2, -0.15) is 0 Å². The van der Waals surface area contributed by atoms with Crippen molar-refractivity contribution in [3.63, 3.8) is 0 Å². The molecule has 3 heteroatoms. The molecule has 56 valence electrons. The van der Waals surface area contributed by atoms with Crippen molar-refractivity contribution in [2.24, 2.45) is 0 Å². The van der Waals surface area contributed by atoms with Gasteiger partial charge in [0, 0.05) is 26.0 Å². The fourth-order valence-corrected chi connectivity index (χ4v) is 0.721. The summed E-state index contributed by atoms with van der Waals surface area (Å²) in [4.78, 5) is 3.10. The summed E-state index contributed by atoms with van der Waals surface area (Å²) in [5.41, 5.74) is 4.35. The molecule has 0 unspecified atom stereocenters. The van der Waals surface area contributed by atoms with Gasteiger partial charge in [0.05, 0.1) is 6.54 Å². The van der Waals surface area contributed by atoms with Crippen LogP contribution >= 0.6 is 0 Å². The first-order valence-electron chi connectivity index (χ1n) is 3.32. The third-order valence-electron chi connectivity index (χ3n) is 1.25. The highest BCUT2D eigenvalue weighted by atomic mass is 15.5. The van der Waals surface area contributed by atoms with Crippen LogP contribution in [0.2, 0.25) is 0 Å². The van der Waals surface area contributed by atoms with Crippen molar-refractivity contribution in [2.45, 2.75) is 6.54 Å². The van der Waals surface area contributed by atoms with Crippen molar-refractivity contribution in [2.75, 3.05) is 14.1 Å². The van der Waals surface area contributed by atoms with Crippen molar-refractivity contribution < 1.29 is 0 Å². The fourth-order valence-electron chi connectivity index (χ4n) is 0.721. The topological polar surface area (TPSA) is 31.1 Å². The Morgan fingerprint density at radius 3 is 2.90 bits per heavy atom. The highest BCUT2D eigenvalue weighted by Crippen LogP contribution is 1.92. The lowest BCUT2D eigenvalue weighted by Gasteiger charge is -2.09. The molecule has 3 nitrogen and oxygen atoms in total. The molecule has 0 aliphatic rings. The zero-order valence-electron chi connectivity index (χ0n) is 6.39. The first-order chi connectivity index (χ1) is 4.79. The Balaban J connectivity index is 2.28. The number of H-pyrrole nitrogens is 1. The highest BCUT2D eigenvalue weighted by molar-refractivity contribution is 5.02. The van der Waals surface area contributed by atoms with E-state index in [2.05, 4.69) is 16.5 Å². The number of hydrogen-bond donors (Lipinski definition) is 2. The molecule has 0 aliphatic heterocycles. The summed E-state index contributed by atoms with van der Waals surface area (Å²) in [6, 6.07) is 4.04. The van der Waals surface area contributed by atoms with Gasteiger partial charge < -0.3 is 4.98 Å². The molecule has 0 atom stereocenters. The predicted octanol–water partition coefficient (Wildman–Crippen LogP) is 0.581. The molecule has 0 radical (unpaired) electrons. The van der Waals surface area contributed by atoms with E-state index in [0.29, 0.717) is 0 Å². The molecule has 1 rings (SSSR count). The van der Waals surface area contributed by atoms with Crippen LogP contribution in [0.5, 0.6) is 0 Å². The van der Waals surface area contributed by atoms with Gasteiger partial charge in [0.25, 0.3) is 0 Å². The molecular formula is C7H13N3. The second kappa shape index (κ2) is 3.39. The van der Waals surface area contributed by atoms with E-state index >= 15 is 0 Å². The maximum atomic E-state index is 3.15. The first kappa shape index (κ1) is 7.31. The first-order valence-corrected chi connectivity index (χ1v) is 3.32. The largest absolute Gasteiger partial charge is 0.364 e. The van der Waals surface area contributed by atoms with Gasteiger partial charge in [-0.3, -0.25) is 5.01 Å². The molecule has 1 aromatic heterocycles. The van der Waals surface area contributed by atoms with Gasteiger partial charge in [-0.05, 0) is 12.1 Å². The van der Waals surface area contributed by atoms with Crippen molar-refractivity contribution in [1.29, 1.82) is 0 Å². The Morgan fingerprint density at radius 2 is 2.40 bits per heavy atom. The second-order valence-electron chi connectivity index (χ2n) is 2.42. The molecule has 10 heavy (non-hydrogen) atoms. The number of aromatic amines is 1. The Bertz CT molecular complexity index is 167. The Labute approximate surface area is 61.0 Å². The molecule has 1 heterocycles. The minimum absolute atomic E-state index is 0.861. The van der Waals surface area contributed by atoms with E-state index in [0.717, 1.165) is 6.54 Å². The maximum Gasteiger partial charge on any atom is 0.0504 e. The second-order valence-corrected chi connectivity index (χ2v) is 2.42. The summed E-state index contributed by atoms with van der Waals surface area (Å²) in [7, 11) is 3.95. The molecule has 0 aromatic carbocycles. The van der Waals surface area contributed by atoms with Crippen LogP contribution < -0.4 is 5.43 Å². The standard InChI is InChI=1S/C7H13N3/c1-10(2)9-6-7-4-3-5-8-7/h3-5,8-9H,6H2,1-2H3. The van der Waals surface area contributed by atoms with Gasteiger partial charge in [-0.1, -0.05) is 0 Å². The molecule has 0 spiro atoms. The molecule has 0 amide bonds. The zero-order chi connectivity index (χ0) is 7.40. The van der Waals surface area contributed by atoms with Gasteiger partial charge in [0.2, 0.25) is 0 Å². The highest BCUT2D eigenvalue weighted by Gasteiger charge is 1.90. The summed E-state index contributed by atoms with van der Waals surface area (Å²) < 4.78 is 0. The summed E-state index contributed by atoms with van der Waals surface area (Å²) in [6.45, 7) is 0.861. The van der Waals surface area contributed by atoms with Gasteiger partial charge in [-0.25, -0.2) is 5.43 Å². The summed E-state index contributed by atoms with van der Waals surface area (Å²) >= 11 is 0. The van der Waals surface area contributed by atoms with Crippen LogP contribution in [0.25, 0.3) is 0 Å². The fraction of sp³-hybridized carbons (Fsp3) is 0.429. The third-order valence-corrected chi connectivity index (χ3v) is 1.25. The van der Waals surface area contributed by atoms with Crippen LogP contribution in [0.1, 0.15) is 5.69 Å². The average molecular weight is 139 g/mol. The lowest BCUT2D eigenvalue weighted by Crippen LogP contribution is -2.29. The van der Waals surface area contributed by atoms with E-state index in [1.165, 1.54) is 5.69 Å². The predicted molar refractivity (Wildman–Crippen MR) is 41.3 cm³/mol. The number of hydrazine groups is 1. The van der Waals surface area contributed by atoms with Crippen LogP contribution in [0.4, 0.5) is 0 Å². The molecule has 0 saturated carbocycles. The Kier molecular flexibility index (Phi) is 2.48. The lowest BCUT2D eigenvalue weighted by molar-refractivity contribution is 0.284. The van der Waals surface area contributed by atoms with E-state index in [4.69, 9.17) is 0 Å². The monoisotopic (exact) mass is 139 g/mol. The van der Waals surface area contributed by atoms with Gasteiger partial charge in [0.1, 0.15) is 0 Å². The van der Waals surface area contributed by atoms with E-state index in [9.17, 15) is 0 Å². The van der Waals surface area contributed by atoms with Gasteiger partial charge >= 0.3 is 0 Å². The zero-order valence-corrected chi connectivity index (χ0v) is 6.39. The van der Waals surface area contributed by atoms with E-state index in [1.807, 2.05) is 31.4 Å². The minimum Gasteiger partial charge on any atom is -0.364 e. The quantitative estimate of drug-likeness (QED) is 0.600. The smallest absolute Gasteiger partial charge is 0.0504 e. The lowest BCUT2D eigenvalue weighted by atomic mass is 10.4.